The van der Waals surface area contributed by atoms with Crippen LogP contribution in [0.25, 0.3) is 10.9 Å². The van der Waals surface area contributed by atoms with Crippen molar-refractivity contribution in [3.8, 4) is 17.2 Å². The second-order valence-electron chi connectivity index (χ2n) is 14.8. The number of carbonyl (C=O) groups excluding carboxylic acids is 3. The summed E-state index contributed by atoms with van der Waals surface area (Å²) in [4.78, 5) is 50.4. The second kappa shape index (κ2) is 11.1. The molecule has 2 saturated heterocycles. The molecule has 0 amide bonds. The number of piperazine rings is 1. The molecule has 8 aliphatic rings. The van der Waals surface area contributed by atoms with Crippen LogP contribution in [0.1, 0.15) is 52.6 Å². The Labute approximate surface area is 302 Å². The maximum absolute atomic E-state index is 14.6. The third-order valence-electron chi connectivity index (χ3n) is 12.6. The van der Waals surface area contributed by atoms with Gasteiger partial charge in [-0.2, -0.15) is 0 Å². The monoisotopic (exact) mass is 726 g/mol. The number of aromatic nitrogens is 1. The molecule has 3 aromatic rings. The van der Waals surface area contributed by atoms with Crippen LogP contribution in [-0.2, 0) is 35.8 Å². The number of carbonyl (C=O) groups is 3. The van der Waals surface area contributed by atoms with Crippen molar-refractivity contribution in [1.82, 2.24) is 20.1 Å². The fourth-order valence-corrected chi connectivity index (χ4v) is 11.8. The summed E-state index contributed by atoms with van der Waals surface area (Å²) in [7, 11) is 3.27. The van der Waals surface area contributed by atoms with Crippen LogP contribution in [0.15, 0.2) is 46.7 Å². The largest absolute Gasteiger partial charge is 0.507 e. The summed E-state index contributed by atoms with van der Waals surface area (Å²) in [6, 6.07) is 5.29. The molecule has 7 aliphatic heterocycles. The number of para-hydroxylation sites is 1. The first kappa shape index (κ1) is 32.3. The van der Waals surface area contributed by atoms with E-state index in [9.17, 15) is 24.6 Å². The average Bonchev–Trinajstić information content (AvgIpc) is 3.79. The maximum Gasteiger partial charge on any atom is 0.333 e. The Morgan fingerprint density at radius 2 is 1.85 bits per heavy atom. The standard InChI is InChI=1S/C38H38N4O9S/c1-15-28(43)19-11-21-36(46)42-22-12-49-37(47)38(35-18(9-10-39-38)17-7-5-6-8-20(17)40-35)13-52-34(25-24(22)33-32(50-14-51-33)16(2)29(25)44)27(42)26(41(21)3)23(19)30(45)31(15)48-4/h5-8,21-22,26-27,34,36,39-40,44,46H,9-14H2,1-4H3/t21?,22-,26?,27+,34+,36-,38+/m0/s1. The number of hydrogen-bond acceptors (Lipinski definition) is 13. The van der Waals surface area contributed by atoms with Gasteiger partial charge in [-0.1, -0.05) is 18.2 Å². The molecule has 11 rings (SSSR count). The van der Waals surface area contributed by atoms with Crippen molar-refractivity contribution in [2.24, 2.45) is 0 Å². The van der Waals surface area contributed by atoms with Crippen LogP contribution >= 0.6 is 11.8 Å². The van der Waals surface area contributed by atoms with Crippen molar-refractivity contribution < 1.29 is 43.5 Å². The summed E-state index contributed by atoms with van der Waals surface area (Å²) >= 11 is 1.45. The lowest BCUT2D eigenvalue weighted by Crippen LogP contribution is -2.73. The van der Waals surface area contributed by atoms with Gasteiger partial charge in [0, 0.05) is 62.7 Å². The van der Waals surface area contributed by atoms with Crippen molar-refractivity contribution in [2.45, 2.75) is 67.9 Å². The van der Waals surface area contributed by atoms with E-state index in [1.54, 1.807) is 13.8 Å². The minimum absolute atomic E-state index is 0.0130. The molecule has 4 N–H and O–H groups in total. The van der Waals surface area contributed by atoms with Gasteiger partial charge in [-0.15, -0.1) is 11.8 Å². The molecule has 270 valence electrons. The van der Waals surface area contributed by atoms with Crippen LogP contribution in [0.2, 0.25) is 0 Å². The van der Waals surface area contributed by atoms with Crippen LogP contribution in [0.3, 0.4) is 0 Å². The number of nitrogens with zero attached hydrogens (tertiary/aromatic N) is 2. The minimum Gasteiger partial charge on any atom is -0.507 e. The molecule has 2 aromatic carbocycles. The number of phenolic OH excluding ortho intramolecular Hbond substituents is 1. The van der Waals surface area contributed by atoms with E-state index in [-0.39, 0.29) is 54.2 Å². The van der Waals surface area contributed by atoms with Crippen molar-refractivity contribution in [3.05, 3.63) is 74.7 Å². The van der Waals surface area contributed by atoms with Gasteiger partial charge in [0.05, 0.1) is 36.2 Å². The van der Waals surface area contributed by atoms with Gasteiger partial charge in [0.2, 0.25) is 12.6 Å². The Morgan fingerprint density at radius 1 is 1.06 bits per heavy atom. The molecule has 2 unspecified atom stereocenters. The number of aromatic amines is 1. The maximum atomic E-state index is 14.6. The van der Waals surface area contributed by atoms with E-state index >= 15 is 0 Å². The second-order valence-corrected chi connectivity index (χ2v) is 15.9. The number of rotatable bonds is 1. The molecule has 4 bridgehead atoms. The van der Waals surface area contributed by atoms with Crippen molar-refractivity contribution in [3.63, 3.8) is 0 Å². The van der Waals surface area contributed by atoms with Gasteiger partial charge >= 0.3 is 5.97 Å². The Morgan fingerprint density at radius 3 is 2.65 bits per heavy atom. The van der Waals surface area contributed by atoms with Crippen molar-refractivity contribution in [1.29, 1.82) is 0 Å². The number of thioether (sulfide) groups is 1. The topological polar surface area (TPSA) is 163 Å². The average molecular weight is 727 g/mol. The highest BCUT2D eigenvalue weighted by Crippen LogP contribution is 2.62. The van der Waals surface area contributed by atoms with Crippen LogP contribution in [0.4, 0.5) is 0 Å². The molecule has 1 aliphatic carbocycles. The molecule has 0 saturated carbocycles. The number of hydrogen-bond donors (Lipinski definition) is 4. The van der Waals surface area contributed by atoms with E-state index in [2.05, 4.69) is 16.4 Å². The number of allylic oxidation sites excluding steroid dienone is 2. The highest BCUT2D eigenvalue weighted by molar-refractivity contribution is 7.99. The fourth-order valence-electron chi connectivity index (χ4n) is 10.2. The Hall–Kier alpha value is -4.34. The lowest BCUT2D eigenvalue weighted by molar-refractivity contribution is -0.181. The van der Waals surface area contributed by atoms with E-state index in [0.717, 1.165) is 28.6 Å². The molecule has 1 spiro atoms. The SMILES string of the molecule is COC1=C(C)C(=O)C2=C(C1=O)C1[C@@H]3[C@@H]4SC[C@]5(NCCc6c5[nH]c5ccccc65)C(=O)OC[C@@H](c5c6c(c(C)c(O)c54)OCO6)N3[C@@H](O)C(C2)N1C. The van der Waals surface area contributed by atoms with Gasteiger partial charge in [0.15, 0.2) is 28.6 Å². The van der Waals surface area contributed by atoms with Gasteiger partial charge < -0.3 is 34.1 Å². The van der Waals surface area contributed by atoms with Crippen LogP contribution in [0, 0.1) is 6.92 Å². The summed E-state index contributed by atoms with van der Waals surface area (Å²) < 4.78 is 23.9. The molecule has 52 heavy (non-hydrogen) atoms. The molecule has 8 heterocycles. The zero-order chi connectivity index (χ0) is 36.0. The zero-order valence-electron chi connectivity index (χ0n) is 29.1. The smallest absolute Gasteiger partial charge is 0.333 e. The third kappa shape index (κ3) is 3.91. The number of ether oxygens (including phenoxy) is 4. The Bertz CT molecular complexity index is 2230. The minimum atomic E-state index is -1.26. The van der Waals surface area contributed by atoms with Crippen LogP contribution < -0.4 is 14.8 Å². The summed E-state index contributed by atoms with van der Waals surface area (Å²) in [6.07, 6.45) is -0.273. The van der Waals surface area contributed by atoms with E-state index in [0.29, 0.717) is 45.9 Å². The van der Waals surface area contributed by atoms with Gasteiger partial charge in [0.25, 0.3) is 0 Å². The van der Waals surface area contributed by atoms with Gasteiger partial charge in [-0.3, -0.25) is 24.7 Å². The number of esters is 1. The number of benzene rings is 2. The first-order valence-corrected chi connectivity index (χ1v) is 18.7. The molecular weight excluding hydrogens is 689 g/mol. The predicted octanol–water partition coefficient (Wildman–Crippen LogP) is 2.78. The first-order chi connectivity index (χ1) is 25.1. The summed E-state index contributed by atoms with van der Waals surface area (Å²) in [6.45, 7) is 3.69. The summed E-state index contributed by atoms with van der Waals surface area (Å²) in [5.74, 6) is 0.0100. The number of H-pyrrole nitrogens is 1. The van der Waals surface area contributed by atoms with Crippen LogP contribution in [0.5, 0.6) is 17.2 Å². The number of phenols is 1. The predicted molar refractivity (Wildman–Crippen MR) is 188 cm³/mol. The highest BCUT2D eigenvalue weighted by Gasteiger charge is 2.63. The fraction of sp³-hybridized carbons (Fsp3) is 0.447. The normalized spacial score (nSPS) is 32.5. The number of aromatic hydroxyl groups is 1. The number of methoxy groups -OCH3 is 1. The lowest BCUT2D eigenvalue weighted by atomic mass is 9.70. The third-order valence-corrected chi connectivity index (χ3v) is 14.0. The van der Waals surface area contributed by atoms with E-state index in [1.807, 2.05) is 35.0 Å². The lowest BCUT2D eigenvalue weighted by Gasteiger charge is -2.62. The number of nitrogens with one attached hydrogen (secondary N) is 2. The van der Waals surface area contributed by atoms with Crippen molar-refractivity contribution in [2.75, 3.05) is 39.9 Å². The summed E-state index contributed by atoms with van der Waals surface area (Å²) in [5, 5.41) is 28.6. The van der Waals surface area contributed by atoms with Gasteiger partial charge in [0.1, 0.15) is 18.6 Å². The molecule has 0 radical (unpaired) electrons. The number of likely N-dealkylation sites (N-methyl/N-ethyl adjacent to an activating group) is 1. The molecule has 7 atom stereocenters. The number of aliphatic hydroxyl groups excluding tert-OH is 1. The van der Waals surface area contributed by atoms with E-state index in [4.69, 9.17) is 18.9 Å². The quantitative estimate of drug-likeness (QED) is 0.214. The van der Waals surface area contributed by atoms with E-state index in [1.165, 1.54) is 18.9 Å². The Balaban J connectivity index is 1.21. The number of ketones is 2. The highest BCUT2D eigenvalue weighted by atomic mass is 32.2. The first-order valence-electron chi connectivity index (χ1n) is 17.6. The van der Waals surface area contributed by atoms with Gasteiger partial charge in [-0.25, -0.2) is 4.79 Å². The molecule has 13 nitrogen and oxygen atoms in total. The zero-order valence-corrected chi connectivity index (χ0v) is 29.9. The number of fused-ring (bicyclic) bond motifs is 10. The Kier molecular flexibility index (Phi) is 6.89. The molecule has 14 heteroatoms. The van der Waals surface area contributed by atoms with Crippen molar-refractivity contribution >= 4 is 40.2 Å². The van der Waals surface area contributed by atoms with E-state index < -0.39 is 47.2 Å². The number of Topliss-reactive ketones (excluding diaryl/α,β-unsaturated/α-hetero) is 2. The van der Waals surface area contributed by atoms with Crippen LogP contribution in [-0.4, -0.2) is 107 Å². The number of aliphatic hydroxyl groups is 1. The summed E-state index contributed by atoms with van der Waals surface area (Å²) in [5.41, 5.74) is 4.12. The van der Waals surface area contributed by atoms with Gasteiger partial charge in [-0.05, 0) is 45.4 Å². The molecule has 2 fully saturated rings. The molecule has 1 aromatic heterocycles. The molecular formula is C38H38N4O9S.